The van der Waals surface area contributed by atoms with Crippen LogP contribution in [0.4, 0.5) is 0 Å². The highest BCUT2D eigenvalue weighted by Gasteiger charge is 2.29. The minimum absolute atomic E-state index is 0.479. The van der Waals surface area contributed by atoms with E-state index in [4.69, 9.17) is 0 Å². The number of hydrogen-bond donors (Lipinski definition) is 0. The second kappa shape index (κ2) is 3.58. The van der Waals surface area contributed by atoms with Crippen molar-refractivity contribution >= 4 is 22.6 Å². The highest BCUT2D eigenvalue weighted by atomic mass is 127. The molecule has 2 atom stereocenters. The summed E-state index contributed by atoms with van der Waals surface area (Å²) in [6.07, 6.45) is 3.98. The average Bonchev–Trinajstić information content (AvgIpc) is 2.74. The van der Waals surface area contributed by atoms with E-state index in [1.165, 1.54) is 16.7 Å². The largest absolute Gasteiger partial charge is 0.327 e. The summed E-state index contributed by atoms with van der Waals surface area (Å²) in [7, 11) is 0. The average molecular weight is 324 g/mol. The predicted molar refractivity (Wildman–Crippen MR) is 73.9 cm³/mol. The zero-order chi connectivity index (χ0) is 11.3. The van der Waals surface area contributed by atoms with Crippen LogP contribution in [-0.2, 0) is 0 Å². The van der Waals surface area contributed by atoms with Crippen LogP contribution in [0.15, 0.2) is 30.6 Å². The summed E-state index contributed by atoms with van der Waals surface area (Å²) in [6.45, 7) is 4.42. The summed E-state index contributed by atoms with van der Waals surface area (Å²) in [5, 5.41) is 0. The summed E-state index contributed by atoms with van der Waals surface area (Å²) in [5.74, 6) is 1.12. The zero-order valence-corrected chi connectivity index (χ0v) is 11.5. The first-order chi connectivity index (χ1) is 7.70. The van der Waals surface area contributed by atoms with Crippen LogP contribution in [0.5, 0.6) is 0 Å². The van der Waals surface area contributed by atoms with Crippen LogP contribution in [0.1, 0.15) is 28.0 Å². The minimum atomic E-state index is 0.479. The lowest BCUT2D eigenvalue weighted by atomic mass is 9.93. The molecule has 0 radical (unpaired) electrons. The maximum Gasteiger partial charge on any atom is 0.140 e. The van der Waals surface area contributed by atoms with Gasteiger partial charge in [-0.25, -0.2) is 4.98 Å². The summed E-state index contributed by atoms with van der Waals surface area (Å²) >= 11 is 2.54. The number of fused-ring (bicyclic) bond motifs is 3. The van der Waals surface area contributed by atoms with Crippen LogP contribution in [-0.4, -0.2) is 9.55 Å². The van der Waals surface area contributed by atoms with Gasteiger partial charge in [0.2, 0.25) is 0 Å². The fourth-order valence-corrected chi connectivity index (χ4v) is 3.33. The Labute approximate surface area is 109 Å². The Kier molecular flexibility index (Phi) is 2.31. The summed E-state index contributed by atoms with van der Waals surface area (Å²) in [4.78, 5) is 4.50. The van der Waals surface area contributed by atoms with Gasteiger partial charge in [0, 0.05) is 24.0 Å². The molecule has 0 N–H and O–H groups in total. The summed E-state index contributed by atoms with van der Waals surface area (Å²) in [6, 6.07) is 7.02. The van der Waals surface area contributed by atoms with Crippen LogP contribution >= 0.6 is 22.6 Å². The molecule has 1 aliphatic rings. The number of nitrogens with zero attached hydrogens (tertiary/aromatic N) is 2. The lowest BCUT2D eigenvalue weighted by molar-refractivity contribution is 0.539. The maximum atomic E-state index is 4.50. The molecule has 82 valence electrons. The number of halogens is 1. The van der Waals surface area contributed by atoms with Crippen LogP contribution in [0.25, 0.3) is 11.4 Å². The van der Waals surface area contributed by atoms with Gasteiger partial charge in [0.25, 0.3) is 0 Å². The van der Waals surface area contributed by atoms with Crippen LogP contribution in [0.2, 0.25) is 0 Å². The second-order valence-electron chi connectivity index (χ2n) is 4.34. The molecule has 1 aromatic carbocycles. The van der Waals surface area contributed by atoms with E-state index in [1.807, 2.05) is 6.20 Å². The Morgan fingerprint density at radius 2 is 2.19 bits per heavy atom. The molecule has 2 heterocycles. The highest BCUT2D eigenvalue weighted by molar-refractivity contribution is 14.1. The Balaban J connectivity index is 2.36. The topological polar surface area (TPSA) is 17.8 Å². The quantitative estimate of drug-likeness (QED) is 0.531. The molecule has 0 fully saturated rings. The third-order valence-corrected chi connectivity index (χ3v) is 5.07. The molecule has 2 aromatic rings. The SMILES string of the molecule is Cc1cccc2c1-c1nccn1C(C)C2I. The first kappa shape index (κ1) is 10.3. The number of benzene rings is 1. The number of imidazole rings is 1. The lowest BCUT2D eigenvalue weighted by Gasteiger charge is -2.30. The molecule has 0 bridgehead atoms. The predicted octanol–water partition coefficient (Wildman–Crippen LogP) is 3.91. The van der Waals surface area contributed by atoms with E-state index in [9.17, 15) is 0 Å². The van der Waals surface area contributed by atoms with E-state index in [0.717, 1.165) is 5.82 Å². The summed E-state index contributed by atoms with van der Waals surface area (Å²) < 4.78 is 2.81. The van der Waals surface area contributed by atoms with Crippen molar-refractivity contribution in [2.24, 2.45) is 0 Å². The van der Waals surface area contributed by atoms with Crippen molar-refractivity contribution in [2.45, 2.75) is 23.8 Å². The molecule has 1 aliphatic heterocycles. The van der Waals surface area contributed by atoms with Crippen LogP contribution < -0.4 is 0 Å². The molecule has 3 rings (SSSR count). The first-order valence-electron chi connectivity index (χ1n) is 5.47. The third-order valence-electron chi connectivity index (χ3n) is 3.36. The molecule has 0 saturated carbocycles. The molecule has 3 heteroatoms. The van der Waals surface area contributed by atoms with E-state index < -0.39 is 0 Å². The van der Waals surface area contributed by atoms with E-state index >= 15 is 0 Å². The third kappa shape index (κ3) is 1.27. The first-order valence-corrected chi connectivity index (χ1v) is 6.71. The molecule has 0 aliphatic carbocycles. The van der Waals surface area contributed by atoms with Crippen molar-refractivity contribution in [1.29, 1.82) is 0 Å². The lowest BCUT2D eigenvalue weighted by Crippen LogP contribution is -2.18. The maximum absolute atomic E-state index is 4.50. The molecule has 2 unspecified atom stereocenters. The van der Waals surface area contributed by atoms with Gasteiger partial charge in [0.05, 0.1) is 3.92 Å². The van der Waals surface area contributed by atoms with Crippen LogP contribution in [0, 0.1) is 6.92 Å². The van der Waals surface area contributed by atoms with Crippen molar-refractivity contribution < 1.29 is 0 Å². The van der Waals surface area contributed by atoms with Gasteiger partial charge in [0.15, 0.2) is 0 Å². The molecule has 0 saturated heterocycles. The van der Waals surface area contributed by atoms with Gasteiger partial charge in [-0.1, -0.05) is 40.8 Å². The minimum Gasteiger partial charge on any atom is -0.327 e. The molecule has 0 spiro atoms. The Morgan fingerprint density at radius 1 is 1.38 bits per heavy atom. The van der Waals surface area contributed by atoms with Gasteiger partial charge < -0.3 is 4.57 Å². The fourth-order valence-electron chi connectivity index (χ4n) is 2.46. The molecule has 1 aromatic heterocycles. The number of rotatable bonds is 0. The van der Waals surface area contributed by atoms with E-state index in [2.05, 4.69) is 70.4 Å². The molecular formula is C13H13IN2. The van der Waals surface area contributed by atoms with Gasteiger partial charge in [0.1, 0.15) is 5.82 Å². The second-order valence-corrected chi connectivity index (χ2v) is 5.68. The molecule has 2 nitrogen and oxygen atoms in total. The number of alkyl halides is 1. The van der Waals surface area contributed by atoms with E-state index in [0.29, 0.717) is 9.97 Å². The van der Waals surface area contributed by atoms with Gasteiger partial charge >= 0.3 is 0 Å². The molecule has 16 heavy (non-hydrogen) atoms. The fraction of sp³-hybridized carbons (Fsp3) is 0.308. The van der Waals surface area contributed by atoms with Crippen molar-refractivity contribution in [3.63, 3.8) is 0 Å². The Hall–Kier alpha value is -0.840. The van der Waals surface area contributed by atoms with Crippen LogP contribution in [0.3, 0.4) is 0 Å². The summed E-state index contributed by atoms with van der Waals surface area (Å²) in [5.41, 5.74) is 4.07. The highest BCUT2D eigenvalue weighted by Crippen LogP contribution is 2.46. The smallest absolute Gasteiger partial charge is 0.140 e. The molecular weight excluding hydrogens is 311 g/mol. The molecule has 0 amide bonds. The Morgan fingerprint density at radius 3 is 3.00 bits per heavy atom. The standard InChI is InChI=1S/C13H13IN2/c1-8-4-3-5-10-11(8)13-15-6-7-16(13)9(2)12(10)14/h3-7,9,12H,1-2H3. The van der Waals surface area contributed by atoms with E-state index in [1.54, 1.807) is 0 Å². The van der Waals surface area contributed by atoms with Gasteiger partial charge in [-0.2, -0.15) is 0 Å². The van der Waals surface area contributed by atoms with Gasteiger partial charge in [-0.15, -0.1) is 0 Å². The van der Waals surface area contributed by atoms with Gasteiger partial charge in [-0.05, 0) is 25.0 Å². The van der Waals surface area contributed by atoms with Gasteiger partial charge in [-0.3, -0.25) is 0 Å². The van der Waals surface area contributed by atoms with Crippen molar-refractivity contribution in [2.75, 3.05) is 0 Å². The monoisotopic (exact) mass is 324 g/mol. The van der Waals surface area contributed by atoms with Crippen molar-refractivity contribution in [1.82, 2.24) is 9.55 Å². The van der Waals surface area contributed by atoms with E-state index in [-0.39, 0.29) is 0 Å². The van der Waals surface area contributed by atoms with Crippen molar-refractivity contribution in [3.05, 3.63) is 41.7 Å². The zero-order valence-electron chi connectivity index (χ0n) is 9.31. The van der Waals surface area contributed by atoms with Crippen molar-refractivity contribution in [3.8, 4) is 11.4 Å². The Bertz CT molecular complexity index is 545. The number of hydrogen-bond acceptors (Lipinski definition) is 1. The number of aromatic nitrogens is 2. The normalized spacial score (nSPS) is 22.7. The number of aryl methyl sites for hydroxylation is 1.